The zero-order valence-corrected chi connectivity index (χ0v) is 24.6. The number of carbonyl (C=O) groups excluding carboxylic acids is 5. The van der Waals surface area contributed by atoms with Crippen molar-refractivity contribution in [2.75, 3.05) is 19.8 Å². The van der Waals surface area contributed by atoms with Crippen molar-refractivity contribution in [2.24, 2.45) is 5.41 Å². The molecule has 0 aromatic heterocycles. The molecular formula is C32H39NO9. The number of hydrogen-bond donors (Lipinski definition) is 1. The number of amides is 1. The Hall–Kier alpha value is -4.47. The summed E-state index contributed by atoms with van der Waals surface area (Å²) in [5, 5.41) is 2.80. The zero-order valence-electron chi connectivity index (χ0n) is 24.6. The van der Waals surface area contributed by atoms with Crippen LogP contribution < -0.4 is 14.8 Å². The summed E-state index contributed by atoms with van der Waals surface area (Å²) in [5.74, 6) is -1.87. The fourth-order valence-electron chi connectivity index (χ4n) is 3.18. The third kappa shape index (κ3) is 12.4. The number of rotatable bonds is 16. The van der Waals surface area contributed by atoms with Crippen LogP contribution in [0.25, 0.3) is 6.08 Å². The van der Waals surface area contributed by atoms with E-state index in [0.717, 1.165) is 18.4 Å². The Bertz CT molecular complexity index is 1230. The van der Waals surface area contributed by atoms with Crippen molar-refractivity contribution in [3.63, 3.8) is 0 Å². The maximum Gasteiger partial charge on any atom is 0.343 e. The maximum absolute atomic E-state index is 12.5. The van der Waals surface area contributed by atoms with Crippen molar-refractivity contribution < 1.29 is 42.9 Å². The lowest BCUT2D eigenvalue weighted by molar-refractivity contribution is -0.159. The maximum atomic E-state index is 12.5. The van der Waals surface area contributed by atoms with Crippen LogP contribution in [0.4, 0.5) is 0 Å². The summed E-state index contributed by atoms with van der Waals surface area (Å²) in [7, 11) is 0. The molecule has 10 heteroatoms. The minimum Gasteiger partial charge on any atom is -0.462 e. The second-order valence-corrected chi connectivity index (χ2v) is 10.0. The molecule has 0 heterocycles. The Balaban J connectivity index is 1.72. The van der Waals surface area contributed by atoms with Gasteiger partial charge in [0.1, 0.15) is 24.7 Å². The smallest absolute Gasteiger partial charge is 0.343 e. The third-order valence-corrected chi connectivity index (χ3v) is 6.22. The second-order valence-electron chi connectivity index (χ2n) is 10.0. The predicted octanol–water partition coefficient (Wildman–Crippen LogP) is 5.04. The van der Waals surface area contributed by atoms with Crippen molar-refractivity contribution in [1.29, 1.82) is 0 Å². The van der Waals surface area contributed by atoms with Crippen LogP contribution in [0.3, 0.4) is 0 Å². The van der Waals surface area contributed by atoms with Crippen LogP contribution in [0.15, 0.2) is 54.6 Å². The van der Waals surface area contributed by atoms with Gasteiger partial charge < -0.3 is 24.3 Å². The Morgan fingerprint density at radius 1 is 0.786 bits per heavy atom. The largest absolute Gasteiger partial charge is 0.462 e. The first-order valence-electron chi connectivity index (χ1n) is 14.0. The van der Waals surface area contributed by atoms with Gasteiger partial charge in [-0.1, -0.05) is 32.4 Å². The van der Waals surface area contributed by atoms with Gasteiger partial charge in [0, 0.05) is 12.6 Å². The molecule has 0 fully saturated rings. The molecule has 2 aromatic rings. The van der Waals surface area contributed by atoms with Crippen molar-refractivity contribution in [3.05, 3.63) is 65.7 Å². The molecule has 2 aromatic carbocycles. The lowest BCUT2D eigenvalue weighted by Crippen LogP contribution is -2.27. The van der Waals surface area contributed by atoms with E-state index in [1.807, 2.05) is 6.92 Å². The van der Waals surface area contributed by atoms with E-state index >= 15 is 0 Å². The second kappa shape index (κ2) is 17.4. The molecule has 0 aliphatic carbocycles. The summed E-state index contributed by atoms with van der Waals surface area (Å²) < 4.78 is 20.7. The molecule has 1 amide bonds. The highest BCUT2D eigenvalue weighted by molar-refractivity contribution is 5.92. The Morgan fingerprint density at radius 3 is 2.02 bits per heavy atom. The molecule has 0 aliphatic rings. The molecule has 0 unspecified atom stereocenters. The lowest BCUT2D eigenvalue weighted by Gasteiger charge is -2.20. The summed E-state index contributed by atoms with van der Waals surface area (Å²) in [6.45, 7) is 7.94. The number of nitrogens with one attached hydrogen (secondary N) is 1. The van der Waals surface area contributed by atoms with Crippen LogP contribution in [0.2, 0.25) is 0 Å². The van der Waals surface area contributed by atoms with Crippen molar-refractivity contribution in [1.82, 2.24) is 5.32 Å². The van der Waals surface area contributed by atoms with Gasteiger partial charge in [-0.2, -0.15) is 0 Å². The van der Waals surface area contributed by atoms with Gasteiger partial charge >= 0.3 is 23.9 Å². The molecule has 2 rings (SSSR count). The zero-order chi connectivity index (χ0) is 31.0. The molecule has 226 valence electrons. The minimum atomic E-state index is -0.647. The summed E-state index contributed by atoms with van der Waals surface area (Å²) in [5.41, 5.74) is 0.414. The molecule has 0 atom stereocenters. The molecule has 0 saturated heterocycles. The third-order valence-electron chi connectivity index (χ3n) is 6.22. The molecule has 10 nitrogen and oxygen atoms in total. The quantitative estimate of drug-likeness (QED) is 0.125. The van der Waals surface area contributed by atoms with Gasteiger partial charge in [0.05, 0.1) is 23.8 Å². The number of hydrogen-bond acceptors (Lipinski definition) is 9. The fraction of sp³-hybridized carbons (Fsp3) is 0.406. The van der Waals surface area contributed by atoms with Crippen molar-refractivity contribution in [2.45, 2.75) is 59.8 Å². The Labute approximate surface area is 246 Å². The van der Waals surface area contributed by atoms with Gasteiger partial charge in [-0.25, -0.2) is 4.79 Å². The van der Waals surface area contributed by atoms with Crippen LogP contribution in [0, 0.1) is 5.41 Å². The van der Waals surface area contributed by atoms with Crippen LogP contribution in [-0.4, -0.2) is 49.5 Å². The van der Waals surface area contributed by atoms with E-state index in [2.05, 4.69) is 12.2 Å². The Morgan fingerprint density at radius 2 is 1.38 bits per heavy atom. The molecule has 1 N–H and O–H groups in total. The number of unbranched alkanes of at least 4 members (excludes halogenated alkanes) is 1. The monoisotopic (exact) mass is 581 g/mol. The van der Waals surface area contributed by atoms with E-state index in [-0.39, 0.29) is 49.2 Å². The predicted molar refractivity (Wildman–Crippen MR) is 156 cm³/mol. The number of benzene rings is 2. The normalized spacial score (nSPS) is 11.0. The highest BCUT2D eigenvalue weighted by Crippen LogP contribution is 2.21. The van der Waals surface area contributed by atoms with Crippen LogP contribution in [0.5, 0.6) is 11.5 Å². The SMILES string of the molecule is CCCCNC(=O)/C=C/c1ccc(OC(=O)c2ccc(OC(=O)CCC(=O)OCCOC(=O)C(C)(C)CC)cc2)cc1. The van der Waals surface area contributed by atoms with E-state index in [4.69, 9.17) is 18.9 Å². The average Bonchev–Trinajstić information content (AvgIpc) is 2.98. The van der Waals surface area contributed by atoms with Crippen LogP contribution in [-0.2, 0) is 28.7 Å². The summed E-state index contributed by atoms with van der Waals surface area (Å²) >= 11 is 0. The summed E-state index contributed by atoms with van der Waals surface area (Å²) in [4.78, 5) is 60.1. The van der Waals surface area contributed by atoms with E-state index in [0.29, 0.717) is 18.7 Å². The van der Waals surface area contributed by atoms with E-state index in [9.17, 15) is 24.0 Å². The summed E-state index contributed by atoms with van der Waals surface area (Å²) in [6.07, 6.45) is 5.27. The standard InChI is InChI=1S/C32H39NO9/c1-5-7-20-33-27(34)17-10-23-8-13-26(14-9-23)42-30(37)24-11-15-25(16-12-24)41-29(36)19-18-28(35)39-21-22-40-31(38)32(3,4)6-2/h8-17H,5-7,18-22H2,1-4H3,(H,33,34)/b17-10+. The van der Waals surface area contributed by atoms with Gasteiger partial charge in [-0.05, 0) is 74.7 Å². The minimum absolute atomic E-state index is 0.0603. The van der Waals surface area contributed by atoms with E-state index in [1.54, 1.807) is 44.2 Å². The first-order valence-corrected chi connectivity index (χ1v) is 14.0. The fourth-order valence-corrected chi connectivity index (χ4v) is 3.18. The highest BCUT2D eigenvalue weighted by Gasteiger charge is 2.27. The van der Waals surface area contributed by atoms with Crippen LogP contribution >= 0.6 is 0 Å². The lowest BCUT2D eigenvalue weighted by atomic mass is 9.91. The van der Waals surface area contributed by atoms with Crippen LogP contribution in [0.1, 0.15) is 75.7 Å². The first kappa shape index (κ1) is 33.7. The molecular weight excluding hydrogens is 542 g/mol. The van der Waals surface area contributed by atoms with Gasteiger partial charge in [0.25, 0.3) is 0 Å². The molecule has 0 bridgehead atoms. The van der Waals surface area contributed by atoms with Gasteiger partial charge in [-0.3, -0.25) is 19.2 Å². The molecule has 0 radical (unpaired) electrons. The van der Waals surface area contributed by atoms with Crippen molar-refractivity contribution >= 4 is 35.9 Å². The van der Waals surface area contributed by atoms with E-state index < -0.39 is 23.3 Å². The summed E-state index contributed by atoms with van der Waals surface area (Å²) in [6, 6.07) is 12.5. The Kier molecular flexibility index (Phi) is 13.9. The molecule has 42 heavy (non-hydrogen) atoms. The topological polar surface area (TPSA) is 134 Å². The number of ether oxygens (including phenoxy) is 4. The molecule has 0 spiro atoms. The van der Waals surface area contributed by atoms with Gasteiger partial charge in [0.15, 0.2) is 0 Å². The number of carbonyl (C=O) groups is 5. The molecule has 0 saturated carbocycles. The van der Waals surface area contributed by atoms with Gasteiger partial charge in [-0.15, -0.1) is 0 Å². The first-order chi connectivity index (χ1) is 20.0. The van der Waals surface area contributed by atoms with Gasteiger partial charge in [0.2, 0.25) is 5.91 Å². The highest BCUT2D eigenvalue weighted by atomic mass is 16.6. The number of esters is 4. The average molecular weight is 582 g/mol. The van der Waals surface area contributed by atoms with Crippen molar-refractivity contribution in [3.8, 4) is 11.5 Å². The van der Waals surface area contributed by atoms with E-state index in [1.165, 1.54) is 30.3 Å². The molecule has 0 aliphatic heterocycles.